The number of hydrogen-bond acceptors (Lipinski definition) is 6. The average molecular weight is 517 g/mol. The first-order valence-electron chi connectivity index (χ1n) is 12.0. The maximum absolute atomic E-state index is 14.4. The van der Waals surface area contributed by atoms with Gasteiger partial charge in [-0.05, 0) is 44.4 Å². The van der Waals surface area contributed by atoms with Crippen LogP contribution in [0, 0.1) is 18.8 Å². The maximum Gasteiger partial charge on any atom is 0.311 e. The topological polar surface area (TPSA) is 87.2 Å². The van der Waals surface area contributed by atoms with E-state index in [1.807, 2.05) is 50.3 Å². The van der Waals surface area contributed by atoms with E-state index in [1.165, 1.54) is 11.8 Å². The van der Waals surface area contributed by atoms with Crippen LogP contribution in [0.25, 0.3) is 0 Å². The molecule has 2 amide bonds. The second-order valence-electron chi connectivity index (χ2n) is 9.75. The number of para-hydroxylation sites is 1. The van der Waals surface area contributed by atoms with E-state index in [2.05, 4.69) is 0 Å². The van der Waals surface area contributed by atoms with Crippen LogP contribution in [-0.2, 0) is 19.1 Å². The summed E-state index contributed by atoms with van der Waals surface area (Å²) in [6.45, 7) is 4.69. The first-order chi connectivity index (χ1) is 16.7. The van der Waals surface area contributed by atoms with Gasteiger partial charge in [0.15, 0.2) is 0 Å². The molecule has 2 saturated heterocycles. The zero-order valence-corrected chi connectivity index (χ0v) is 21.3. The van der Waals surface area contributed by atoms with Crippen LogP contribution < -0.4 is 4.90 Å². The molecule has 5 atom stereocenters. The van der Waals surface area contributed by atoms with Crippen molar-refractivity contribution < 1.29 is 24.2 Å². The number of hydrogen-bond donors (Lipinski definition) is 1. The van der Waals surface area contributed by atoms with Crippen molar-refractivity contribution in [3.63, 3.8) is 0 Å². The molecule has 1 N–H and O–H groups in total. The van der Waals surface area contributed by atoms with Gasteiger partial charge in [0.05, 0.1) is 27.3 Å². The minimum Gasteiger partial charge on any atom is -0.461 e. The molecule has 2 fully saturated rings. The molecule has 1 aromatic rings. The Hall–Kier alpha value is -2.29. The van der Waals surface area contributed by atoms with Gasteiger partial charge in [-0.3, -0.25) is 14.4 Å². The van der Waals surface area contributed by atoms with Crippen molar-refractivity contribution in [2.45, 2.75) is 42.2 Å². The fourth-order valence-corrected chi connectivity index (χ4v) is 8.63. The van der Waals surface area contributed by atoms with Crippen molar-refractivity contribution in [1.82, 2.24) is 4.90 Å². The molecule has 0 aliphatic carbocycles. The Balaban J connectivity index is 1.65. The number of aryl methyl sites for hydroxylation is 1. The highest BCUT2D eigenvalue weighted by atomic mass is 35.5. The number of carbonyl (C=O) groups is 3. The quantitative estimate of drug-likeness (QED) is 0.367. The summed E-state index contributed by atoms with van der Waals surface area (Å²) in [6.07, 6.45) is 8.75. The number of anilines is 1. The smallest absolute Gasteiger partial charge is 0.311 e. The Bertz CT molecular complexity index is 1120. The van der Waals surface area contributed by atoms with Crippen molar-refractivity contribution in [2.24, 2.45) is 11.8 Å². The Labute approximate surface area is 214 Å². The van der Waals surface area contributed by atoms with Gasteiger partial charge in [0.25, 0.3) is 5.91 Å². The highest BCUT2D eigenvalue weighted by Gasteiger charge is 2.74. The maximum atomic E-state index is 14.4. The molecule has 4 aliphatic heterocycles. The SMILES string of the molecule is Cc1cccc(Cl)c1N1CC=C[C@]23S[C@@]4(C)C=CCOC(=O)[C@H]4[C@H]2C(=O)N(CCCCO)C3C1=O. The van der Waals surface area contributed by atoms with Crippen LogP contribution >= 0.6 is 23.4 Å². The minimum atomic E-state index is -0.919. The van der Waals surface area contributed by atoms with Crippen LogP contribution in [0.5, 0.6) is 0 Å². The number of esters is 1. The third-order valence-electron chi connectivity index (χ3n) is 7.58. The molecule has 0 saturated carbocycles. The summed E-state index contributed by atoms with van der Waals surface area (Å²) < 4.78 is 3.85. The highest BCUT2D eigenvalue weighted by molar-refractivity contribution is 8.02. The molecule has 1 aromatic carbocycles. The Morgan fingerprint density at radius 1 is 1.14 bits per heavy atom. The number of amides is 2. The van der Waals surface area contributed by atoms with Gasteiger partial charge in [0.1, 0.15) is 12.6 Å². The van der Waals surface area contributed by atoms with Crippen LogP contribution in [0.4, 0.5) is 5.69 Å². The highest BCUT2D eigenvalue weighted by Crippen LogP contribution is 2.65. The third kappa shape index (κ3) is 3.64. The molecule has 5 rings (SSSR count). The summed E-state index contributed by atoms with van der Waals surface area (Å²) in [5.41, 5.74) is 1.50. The first kappa shape index (κ1) is 24.4. The predicted molar refractivity (Wildman–Crippen MR) is 135 cm³/mol. The van der Waals surface area contributed by atoms with Gasteiger partial charge in [-0.15, -0.1) is 11.8 Å². The number of aliphatic hydroxyl groups excluding tert-OH is 1. The zero-order valence-electron chi connectivity index (χ0n) is 19.8. The number of carbonyl (C=O) groups excluding carboxylic acids is 3. The van der Waals surface area contributed by atoms with Crippen molar-refractivity contribution in [3.8, 4) is 0 Å². The van der Waals surface area contributed by atoms with Crippen LogP contribution in [0.2, 0.25) is 5.02 Å². The van der Waals surface area contributed by atoms with E-state index in [0.717, 1.165) is 5.56 Å². The molecular weight excluding hydrogens is 488 g/mol. The van der Waals surface area contributed by atoms with Gasteiger partial charge in [-0.2, -0.15) is 0 Å². The number of unbranched alkanes of at least 4 members (excludes halogenated alkanes) is 1. The van der Waals surface area contributed by atoms with Crippen LogP contribution in [0.3, 0.4) is 0 Å². The summed E-state index contributed by atoms with van der Waals surface area (Å²) >= 11 is 8.08. The molecule has 0 bridgehead atoms. The number of likely N-dealkylation sites (tertiary alicyclic amines) is 1. The normalized spacial score (nSPS) is 33.8. The van der Waals surface area contributed by atoms with Gasteiger partial charge < -0.3 is 19.6 Å². The second kappa shape index (κ2) is 8.98. The average Bonchev–Trinajstić information content (AvgIpc) is 3.06. The molecule has 9 heteroatoms. The summed E-state index contributed by atoms with van der Waals surface area (Å²) in [5, 5.41) is 9.79. The first-order valence-corrected chi connectivity index (χ1v) is 13.1. The molecule has 7 nitrogen and oxygen atoms in total. The van der Waals surface area contributed by atoms with E-state index in [0.29, 0.717) is 36.6 Å². The van der Waals surface area contributed by atoms with Crippen molar-refractivity contribution in [1.29, 1.82) is 0 Å². The number of halogens is 1. The van der Waals surface area contributed by atoms with Crippen LogP contribution in [0.15, 0.2) is 42.5 Å². The van der Waals surface area contributed by atoms with E-state index in [9.17, 15) is 19.5 Å². The lowest BCUT2D eigenvalue weighted by Crippen LogP contribution is -2.53. The summed E-state index contributed by atoms with van der Waals surface area (Å²) in [7, 11) is 0. The van der Waals surface area contributed by atoms with E-state index >= 15 is 0 Å². The number of nitrogens with zero attached hydrogens (tertiary/aromatic N) is 2. The standard InChI is InChI=1S/C26H29ClN2O5S/c1-16-8-5-9-17(27)20(16)28-13-6-11-26-18(19-24(33)34-15-7-10-25(19,2)35-26)22(31)29(12-3-4-14-30)21(26)23(28)32/h5-11,18-19,21,30H,3-4,12-15H2,1-2H3/t18-,19+,21?,25-,26-/m0/s1. The minimum absolute atomic E-state index is 0.00657. The third-order valence-corrected chi connectivity index (χ3v) is 9.68. The van der Waals surface area contributed by atoms with Gasteiger partial charge in [0.2, 0.25) is 5.91 Å². The fourth-order valence-electron chi connectivity index (χ4n) is 6.15. The summed E-state index contributed by atoms with van der Waals surface area (Å²) in [4.78, 5) is 44.8. The van der Waals surface area contributed by atoms with Gasteiger partial charge in [-0.1, -0.05) is 42.0 Å². The fraction of sp³-hybridized carbons (Fsp3) is 0.500. The predicted octanol–water partition coefficient (Wildman–Crippen LogP) is 3.12. The van der Waals surface area contributed by atoms with Gasteiger partial charge in [0, 0.05) is 24.4 Å². The lowest BCUT2D eigenvalue weighted by Gasteiger charge is -2.37. The summed E-state index contributed by atoms with van der Waals surface area (Å²) in [5.74, 6) is -2.25. The number of thioether (sulfide) groups is 1. The number of ether oxygens (including phenoxy) is 1. The summed E-state index contributed by atoms with van der Waals surface area (Å²) in [6, 6.07) is 4.71. The Kier molecular flexibility index (Phi) is 6.26. The number of rotatable bonds is 5. The molecule has 35 heavy (non-hydrogen) atoms. The zero-order chi connectivity index (χ0) is 25.0. The molecule has 0 radical (unpaired) electrons. The monoisotopic (exact) mass is 516 g/mol. The van der Waals surface area contributed by atoms with E-state index < -0.39 is 33.3 Å². The Morgan fingerprint density at radius 2 is 1.94 bits per heavy atom. The largest absolute Gasteiger partial charge is 0.461 e. The van der Waals surface area contributed by atoms with Gasteiger partial charge in [-0.25, -0.2) is 0 Å². The van der Waals surface area contributed by atoms with E-state index in [-0.39, 0.29) is 25.0 Å². The molecule has 1 unspecified atom stereocenters. The number of cyclic esters (lactones) is 1. The number of aliphatic hydroxyl groups is 1. The van der Waals surface area contributed by atoms with Gasteiger partial charge >= 0.3 is 5.97 Å². The lowest BCUT2D eigenvalue weighted by molar-refractivity contribution is -0.152. The molecular formula is C26H29ClN2O5S. The number of benzene rings is 1. The molecule has 4 heterocycles. The Morgan fingerprint density at radius 3 is 2.69 bits per heavy atom. The second-order valence-corrected chi connectivity index (χ2v) is 11.9. The van der Waals surface area contributed by atoms with Crippen LogP contribution in [0.1, 0.15) is 25.3 Å². The van der Waals surface area contributed by atoms with Crippen molar-refractivity contribution in [3.05, 3.63) is 53.1 Å². The number of fused-ring (bicyclic) bond motifs is 2. The molecule has 186 valence electrons. The molecule has 4 aliphatic rings. The lowest BCUT2D eigenvalue weighted by atomic mass is 9.75. The van der Waals surface area contributed by atoms with Crippen LogP contribution in [-0.4, -0.2) is 69.6 Å². The van der Waals surface area contributed by atoms with E-state index in [1.54, 1.807) is 15.9 Å². The molecule has 0 aromatic heterocycles. The van der Waals surface area contributed by atoms with E-state index in [4.69, 9.17) is 16.3 Å². The molecule has 1 spiro atoms. The van der Waals surface area contributed by atoms with Crippen molar-refractivity contribution >= 4 is 46.8 Å². The van der Waals surface area contributed by atoms with Crippen molar-refractivity contribution in [2.75, 3.05) is 31.2 Å².